The molecule has 0 atom stereocenters. The van der Waals surface area contributed by atoms with Gasteiger partial charge in [0.2, 0.25) is 0 Å². The maximum Gasteiger partial charge on any atom is 0.183 e. The Kier molecular flexibility index (Phi) is 5.29. The van der Waals surface area contributed by atoms with Crippen molar-refractivity contribution in [2.45, 2.75) is 4.90 Å². The van der Waals surface area contributed by atoms with Gasteiger partial charge in [0.15, 0.2) is 9.84 Å². The minimum Gasteiger partial charge on any atom is -0.492 e. The Balaban J connectivity index is 2.05. The summed E-state index contributed by atoms with van der Waals surface area (Å²) in [5.74, 6) is 0.481. The summed E-state index contributed by atoms with van der Waals surface area (Å²) in [5, 5.41) is 0. The van der Waals surface area contributed by atoms with Crippen LogP contribution in [0.2, 0.25) is 0 Å². The molecule has 0 saturated carbocycles. The first-order chi connectivity index (χ1) is 9.88. The van der Waals surface area contributed by atoms with Gasteiger partial charge in [0, 0.05) is 8.95 Å². The number of nitrogens with two attached hydrogens (primary N) is 1. The predicted octanol–water partition coefficient (Wildman–Crippen LogP) is 3.65. The van der Waals surface area contributed by atoms with E-state index in [0.717, 1.165) is 8.95 Å². The number of anilines is 1. The Bertz CT molecular complexity index is 748. The summed E-state index contributed by atoms with van der Waals surface area (Å²) in [5.41, 5.74) is 5.98. The fraction of sp³-hybridized carbons (Fsp3) is 0.143. The maximum absolute atomic E-state index is 12.2. The third-order valence-electron chi connectivity index (χ3n) is 2.72. The zero-order chi connectivity index (χ0) is 15.5. The van der Waals surface area contributed by atoms with Crippen LogP contribution in [-0.4, -0.2) is 20.8 Å². The average Bonchev–Trinajstić information content (AvgIpc) is 2.38. The molecule has 0 aliphatic carbocycles. The molecule has 0 amide bonds. The molecule has 2 rings (SSSR count). The highest BCUT2D eigenvalue weighted by Gasteiger charge is 2.18. The van der Waals surface area contributed by atoms with E-state index in [1.54, 1.807) is 24.3 Å². The van der Waals surface area contributed by atoms with Gasteiger partial charge in [0.05, 0.1) is 16.3 Å². The molecule has 21 heavy (non-hydrogen) atoms. The van der Waals surface area contributed by atoms with Crippen molar-refractivity contribution in [2.75, 3.05) is 18.1 Å². The third kappa shape index (κ3) is 4.46. The first-order valence-electron chi connectivity index (χ1n) is 6.04. The Morgan fingerprint density at radius 1 is 1.05 bits per heavy atom. The maximum atomic E-state index is 12.2. The number of sulfone groups is 1. The van der Waals surface area contributed by atoms with Gasteiger partial charge < -0.3 is 10.5 Å². The van der Waals surface area contributed by atoms with Gasteiger partial charge in [-0.3, -0.25) is 0 Å². The minimum atomic E-state index is -3.47. The molecule has 0 aliphatic heterocycles. The van der Waals surface area contributed by atoms with Crippen LogP contribution in [0.1, 0.15) is 0 Å². The fourth-order valence-corrected chi connectivity index (χ4v) is 3.71. The van der Waals surface area contributed by atoms with Gasteiger partial charge in [0.1, 0.15) is 12.4 Å². The fourth-order valence-electron chi connectivity index (χ4n) is 1.74. The third-order valence-corrected chi connectivity index (χ3v) is 5.46. The molecule has 2 aromatic carbocycles. The van der Waals surface area contributed by atoms with Crippen LogP contribution in [0, 0.1) is 0 Å². The lowest BCUT2D eigenvalue weighted by Crippen LogP contribution is -2.15. The van der Waals surface area contributed by atoms with E-state index in [0.29, 0.717) is 5.75 Å². The number of benzene rings is 2. The van der Waals surface area contributed by atoms with Crippen molar-refractivity contribution in [1.82, 2.24) is 0 Å². The summed E-state index contributed by atoms with van der Waals surface area (Å²) in [6.45, 7) is 0.0638. The van der Waals surface area contributed by atoms with E-state index in [4.69, 9.17) is 10.5 Å². The van der Waals surface area contributed by atoms with Crippen LogP contribution in [0.25, 0.3) is 0 Å². The molecule has 0 heterocycles. The molecule has 0 fully saturated rings. The van der Waals surface area contributed by atoms with E-state index < -0.39 is 9.84 Å². The van der Waals surface area contributed by atoms with Crippen LogP contribution < -0.4 is 10.5 Å². The Morgan fingerprint density at radius 3 is 2.43 bits per heavy atom. The molecule has 0 spiro atoms. The van der Waals surface area contributed by atoms with Gasteiger partial charge in [-0.15, -0.1) is 0 Å². The van der Waals surface area contributed by atoms with Gasteiger partial charge in [-0.25, -0.2) is 8.42 Å². The Hall–Kier alpha value is -1.05. The number of ether oxygens (including phenoxy) is 1. The normalized spacial score (nSPS) is 11.3. The van der Waals surface area contributed by atoms with Crippen LogP contribution in [-0.2, 0) is 9.84 Å². The van der Waals surface area contributed by atoms with Crippen molar-refractivity contribution in [2.24, 2.45) is 0 Å². The molecule has 0 bridgehead atoms. The highest BCUT2D eigenvalue weighted by molar-refractivity contribution is 9.10. The summed E-state index contributed by atoms with van der Waals surface area (Å²) >= 11 is 6.58. The molecule has 0 aliphatic rings. The van der Waals surface area contributed by atoms with E-state index in [2.05, 4.69) is 31.9 Å². The Morgan fingerprint density at radius 2 is 1.76 bits per heavy atom. The van der Waals surface area contributed by atoms with Crippen molar-refractivity contribution >= 4 is 47.4 Å². The van der Waals surface area contributed by atoms with Gasteiger partial charge in [-0.05, 0) is 36.4 Å². The predicted molar refractivity (Wildman–Crippen MR) is 90.2 cm³/mol. The molecule has 0 saturated heterocycles. The lowest BCUT2D eigenvalue weighted by molar-refractivity contribution is 0.340. The quantitative estimate of drug-likeness (QED) is 0.729. The molecule has 0 unspecified atom stereocenters. The molecule has 0 aromatic heterocycles. The summed E-state index contributed by atoms with van der Waals surface area (Å²) in [7, 11) is -3.47. The Labute approximate surface area is 140 Å². The number of halogens is 2. The second kappa shape index (κ2) is 6.81. The van der Waals surface area contributed by atoms with Crippen molar-refractivity contribution in [3.05, 3.63) is 51.4 Å². The van der Waals surface area contributed by atoms with Crippen LogP contribution in [0.5, 0.6) is 5.75 Å². The zero-order valence-corrected chi connectivity index (χ0v) is 14.9. The van der Waals surface area contributed by atoms with Crippen LogP contribution >= 0.6 is 31.9 Å². The van der Waals surface area contributed by atoms with E-state index in [1.165, 1.54) is 6.07 Å². The number of nitrogen functional groups attached to an aromatic ring is 1. The molecule has 4 nitrogen and oxygen atoms in total. The lowest BCUT2D eigenvalue weighted by Gasteiger charge is -2.09. The topological polar surface area (TPSA) is 69.4 Å². The molecule has 7 heteroatoms. The summed E-state index contributed by atoms with van der Waals surface area (Å²) in [6.07, 6.45) is 0. The van der Waals surface area contributed by atoms with Gasteiger partial charge >= 0.3 is 0 Å². The highest BCUT2D eigenvalue weighted by atomic mass is 79.9. The first-order valence-corrected chi connectivity index (χ1v) is 9.28. The number of hydrogen-bond acceptors (Lipinski definition) is 4. The van der Waals surface area contributed by atoms with Gasteiger partial charge in [-0.1, -0.05) is 37.9 Å². The summed E-state index contributed by atoms with van der Waals surface area (Å²) in [6, 6.07) is 12.0. The molecular weight excluding hydrogens is 422 g/mol. The molecular formula is C14H13Br2NO3S. The molecule has 112 valence electrons. The van der Waals surface area contributed by atoms with E-state index in [1.807, 2.05) is 12.1 Å². The van der Waals surface area contributed by atoms with Crippen molar-refractivity contribution in [3.8, 4) is 5.75 Å². The van der Waals surface area contributed by atoms with Crippen molar-refractivity contribution in [3.63, 3.8) is 0 Å². The smallest absolute Gasteiger partial charge is 0.183 e. The largest absolute Gasteiger partial charge is 0.492 e. The standard InChI is InChI=1S/C14H13Br2NO3S/c15-10-2-1-3-12(8-10)20-6-7-21(18,19)14-5-4-11(16)9-13(14)17/h1-5,8-9H,6-7,17H2. The number of hydrogen-bond donors (Lipinski definition) is 1. The average molecular weight is 435 g/mol. The second-order valence-electron chi connectivity index (χ2n) is 4.31. The van der Waals surface area contributed by atoms with Crippen LogP contribution in [0.4, 0.5) is 5.69 Å². The van der Waals surface area contributed by atoms with E-state index in [9.17, 15) is 8.42 Å². The minimum absolute atomic E-state index is 0.0638. The first kappa shape index (κ1) is 16.3. The highest BCUT2D eigenvalue weighted by Crippen LogP contribution is 2.24. The molecule has 2 N–H and O–H groups in total. The SMILES string of the molecule is Nc1cc(Br)ccc1S(=O)(=O)CCOc1cccc(Br)c1. The van der Waals surface area contributed by atoms with E-state index in [-0.39, 0.29) is 22.9 Å². The summed E-state index contributed by atoms with van der Waals surface area (Å²) in [4.78, 5) is 0.128. The number of rotatable bonds is 5. The zero-order valence-electron chi connectivity index (χ0n) is 10.9. The van der Waals surface area contributed by atoms with Gasteiger partial charge in [-0.2, -0.15) is 0 Å². The lowest BCUT2D eigenvalue weighted by atomic mass is 10.3. The van der Waals surface area contributed by atoms with Crippen molar-refractivity contribution in [1.29, 1.82) is 0 Å². The molecule has 0 radical (unpaired) electrons. The van der Waals surface area contributed by atoms with Gasteiger partial charge in [0.25, 0.3) is 0 Å². The monoisotopic (exact) mass is 433 g/mol. The second-order valence-corrected chi connectivity index (χ2v) is 8.22. The molecule has 2 aromatic rings. The van der Waals surface area contributed by atoms with E-state index >= 15 is 0 Å². The van der Waals surface area contributed by atoms with Crippen LogP contribution in [0.3, 0.4) is 0 Å². The summed E-state index contributed by atoms with van der Waals surface area (Å²) < 4.78 is 31.5. The van der Waals surface area contributed by atoms with Crippen LogP contribution in [0.15, 0.2) is 56.3 Å². The van der Waals surface area contributed by atoms with Crippen molar-refractivity contribution < 1.29 is 13.2 Å².